The van der Waals surface area contributed by atoms with Gasteiger partial charge in [0.25, 0.3) is 0 Å². The van der Waals surface area contributed by atoms with Crippen molar-refractivity contribution in [2.75, 3.05) is 0 Å². The first-order valence-corrected chi connectivity index (χ1v) is 5.13. The lowest BCUT2D eigenvalue weighted by molar-refractivity contribution is -0.116. The van der Waals surface area contributed by atoms with Gasteiger partial charge in [0.05, 0.1) is 5.69 Å². The number of Topliss-reactive ketones (excluding diaryl/α,β-unsaturated/α-hetero) is 1. The van der Waals surface area contributed by atoms with Crippen LogP contribution in [0.3, 0.4) is 0 Å². The van der Waals surface area contributed by atoms with E-state index in [4.69, 9.17) is 11.6 Å². The number of rotatable bonds is 3. The topological polar surface area (TPSA) is 41.8 Å². The molecule has 0 aliphatic rings. The maximum Gasteiger partial charge on any atom is 0.202 e. The minimum absolute atomic E-state index is 0.215. The van der Waals surface area contributed by atoms with Crippen molar-refractivity contribution in [2.24, 2.45) is 10.2 Å². The van der Waals surface area contributed by atoms with Crippen molar-refractivity contribution < 1.29 is 4.79 Å². The monoisotopic (exact) mass is 274 g/mol. The summed E-state index contributed by atoms with van der Waals surface area (Å²) in [6, 6.07) is 7.23. The lowest BCUT2D eigenvalue weighted by atomic mass is 10.3. The van der Waals surface area contributed by atoms with E-state index >= 15 is 0 Å². The van der Waals surface area contributed by atoms with Gasteiger partial charge < -0.3 is 0 Å². The van der Waals surface area contributed by atoms with Crippen LogP contribution in [0, 0.1) is 0 Å². The zero-order chi connectivity index (χ0) is 10.6. The van der Waals surface area contributed by atoms with E-state index in [2.05, 4.69) is 26.2 Å². The van der Waals surface area contributed by atoms with Gasteiger partial charge in [-0.1, -0.05) is 27.5 Å². The van der Waals surface area contributed by atoms with Crippen LogP contribution in [-0.2, 0) is 4.79 Å². The molecule has 0 aliphatic heterocycles. The SMILES string of the molecule is CC(=O)C(Cl)N=Nc1ccc(Br)cc1. The van der Waals surface area contributed by atoms with Crippen LogP contribution >= 0.6 is 27.5 Å². The van der Waals surface area contributed by atoms with E-state index in [1.54, 1.807) is 12.1 Å². The molecule has 14 heavy (non-hydrogen) atoms. The van der Waals surface area contributed by atoms with Crippen LogP contribution in [0.5, 0.6) is 0 Å². The Morgan fingerprint density at radius 1 is 1.43 bits per heavy atom. The fourth-order valence-corrected chi connectivity index (χ4v) is 1.01. The molecule has 0 aliphatic carbocycles. The Hall–Kier alpha value is -0.740. The molecule has 0 saturated carbocycles. The Morgan fingerprint density at radius 3 is 2.50 bits per heavy atom. The largest absolute Gasteiger partial charge is 0.296 e. The van der Waals surface area contributed by atoms with Gasteiger partial charge in [0, 0.05) is 4.47 Å². The zero-order valence-electron chi connectivity index (χ0n) is 7.45. The van der Waals surface area contributed by atoms with Crippen LogP contribution < -0.4 is 0 Å². The molecule has 0 radical (unpaired) electrons. The number of nitrogens with zero attached hydrogens (tertiary/aromatic N) is 2. The molecule has 0 spiro atoms. The average Bonchev–Trinajstić information content (AvgIpc) is 2.16. The molecule has 1 unspecified atom stereocenters. The minimum Gasteiger partial charge on any atom is -0.296 e. The van der Waals surface area contributed by atoms with Gasteiger partial charge in [0.2, 0.25) is 5.50 Å². The summed E-state index contributed by atoms with van der Waals surface area (Å²) in [7, 11) is 0. The summed E-state index contributed by atoms with van der Waals surface area (Å²) in [5.74, 6) is -0.215. The summed E-state index contributed by atoms with van der Waals surface area (Å²) in [5, 5.41) is 7.47. The van der Waals surface area contributed by atoms with E-state index in [0.29, 0.717) is 5.69 Å². The predicted octanol–water partition coefficient (Wildman–Crippen LogP) is 3.69. The summed E-state index contributed by atoms with van der Waals surface area (Å²) in [5.41, 5.74) is -0.223. The van der Waals surface area contributed by atoms with Crippen molar-refractivity contribution in [1.82, 2.24) is 0 Å². The third kappa shape index (κ3) is 3.55. The molecule has 0 saturated heterocycles. The highest BCUT2D eigenvalue weighted by Crippen LogP contribution is 2.17. The van der Waals surface area contributed by atoms with Crippen molar-refractivity contribution in [3.63, 3.8) is 0 Å². The fraction of sp³-hybridized carbons (Fsp3) is 0.222. The maximum atomic E-state index is 10.7. The lowest BCUT2D eigenvalue weighted by Crippen LogP contribution is -2.04. The molecule has 0 fully saturated rings. The van der Waals surface area contributed by atoms with Crippen LogP contribution in [0.1, 0.15) is 6.92 Å². The lowest BCUT2D eigenvalue weighted by Gasteiger charge is -1.96. The smallest absolute Gasteiger partial charge is 0.202 e. The molecule has 0 N–H and O–H groups in total. The summed E-state index contributed by atoms with van der Waals surface area (Å²) in [4.78, 5) is 10.7. The van der Waals surface area contributed by atoms with Crippen molar-refractivity contribution in [3.05, 3.63) is 28.7 Å². The van der Waals surface area contributed by atoms with Gasteiger partial charge in [-0.2, -0.15) is 10.2 Å². The highest BCUT2D eigenvalue weighted by Gasteiger charge is 2.06. The number of carbonyl (C=O) groups excluding carboxylic acids is 1. The van der Waals surface area contributed by atoms with Crippen molar-refractivity contribution in [3.8, 4) is 0 Å². The quantitative estimate of drug-likeness (QED) is 0.471. The highest BCUT2D eigenvalue weighted by molar-refractivity contribution is 9.10. The predicted molar refractivity (Wildman–Crippen MR) is 59.0 cm³/mol. The van der Waals surface area contributed by atoms with E-state index in [9.17, 15) is 4.79 Å². The molecule has 1 aromatic carbocycles. The second-order valence-corrected chi connectivity index (χ2v) is 3.97. The normalized spacial score (nSPS) is 13.1. The van der Waals surface area contributed by atoms with E-state index in [1.807, 2.05) is 12.1 Å². The van der Waals surface area contributed by atoms with Crippen LogP contribution in [0.2, 0.25) is 0 Å². The van der Waals surface area contributed by atoms with E-state index in [0.717, 1.165) is 4.47 Å². The molecule has 0 heterocycles. The number of hydrogen-bond acceptors (Lipinski definition) is 3. The number of hydrogen-bond donors (Lipinski definition) is 0. The Balaban J connectivity index is 2.69. The number of benzene rings is 1. The molecule has 74 valence electrons. The minimum atomic E-state index is -0.890. The number of alkyl halides is 1. The molecule has 0 bridgehead atoms. The van der Waals surface area contributed by atoms with Crippen LogP contribution in [0.15, 0.2) is 39.0 Å². The summed E-state index contributed by atoms with van der Waals surface area (Å²) < 4.78 is 0.963. The summed E-state index contributed by atoms with van der Waals surface area (Å²) in [6.07, 6.45) is 0. The molecular formula is C9H8BrClN2O. The van der Waals surface area contributed by atoms with Crippen molar-refractivity contribution >= 4 is 39.0 Å². The fourth-order valence-electron chi connectivity index (χ4n) is 0.706. The maximum absolute atomic E-state index is 10.7. The first-order chi connectivity index (χ1) is 6.59. The summed E-state index contributed by atoms with van der Waals surface area (Å²) >= 11 is 8.87. The van der Waals surface area contributed by atoms with Crippen LogP contribution in [0.25, 0.3) is 0 Å². The zero-order valence-corrected chi connectivity index (χ0v) is 9.79. The number of halogens is 2. The standard InChI is InChI=1S/C9H8BrClN2O/c1-6(14)9(11)13-12-8-4-2-7(10)3-5-8/h2-5,9H,1H3. The number of ketones is 1. The third-order valence-corrected chi connectivity index (χ3v) is 2.36. The van der Waals surface area contributed by atoms with Gasteiger partial charge in [0.1, 0.15) is 0 Å². The Kier molecular flexibility index (Phi) is 4.22. The van der Waals surface area contributed by atoms with Gasteiger partial charge in [-0.25, -0.2) is 0 Å². The molecule has 1 aromatic rings. The molecule has 5 heteroatoms. The second-order valence-electron chi connectivity index (χ2n) is 2.64. The first kappa shape index (κ1) is 11.3. The van der Waals surface area contributed by atoms with E-state index in [-0.39, 0.29) is 5.78 Å². The number of azo groups is 1. The molecule has 0 aromatic heterocycles. The van der Waals surface area contributed by atoms with Crippen LogP contribution in [0.4, 0.5) is 5.69 Å². The van der Waals surface area contributed by atoms with Crippen molar-refractivity contribution in [1.29, 1.82) is 0 Å². The molecule has 1 atom stereocenters. The molecule has 1 rings (SSSR count). The number of carbonyl (C=O) groups is 1. The molecular weight excluding hydrogens is 267 g/mol. The third-order valence-electron chi connectivity index (χ3n) is 1.44. The van der Waals surface area contributed by atoms with Gasteiger partial charge in [-0.15, -0.1) is 0 Å². The second kappa shape index (κ2) is 5.22. The van der Waals surface area contributed by atoms with Gasteiger partial charge in [-0.05, 0) is 31.2 Å². The van der Waals surface area contributed by atoms with Gasteiger partial charge in [-0.3, -0.25) is 4.79 Å². The van der Waals surface area contributed by atoms with Gasteiger partial charge >= 0.3 is 0 Å². The van der Waals surface area contributed by atoms with E-state index < -0.39 is 5.50 Å². The average molecular weight is 276 g/mol. The first-order valence-electron chi connectivity index (χ1n) is 3.90. The van der Waals surface area contributed by atoms with Crippen molar-refractivity contribution in [2.45, 2.75) is 12.4 Å². The Bertz CT molecular complexity index is 350. The van der Waals surface area contributed by atoms with E-state index in [1.165, 1.54) is 6.92 Å². The highest BCUT2D eigenvalue weighted by atomic mass is 79.9. The summed E-state index contributed by atoms with van der Waals surface area (Å²) in [6.45, 7) is 1.37. The van der Waals surface area contributed by atoms with Gasteiger partial charge in [0.15, 0.2) is 5.78 Å². The van der Waals surface area contributed by atoms with Crippen LogP contribution in [-0.4, -0.2) is 11.3 Å². The molecule has 3 nitrogen and oxygen atoms in total. The Morgan fingerprint density at radius 2 is 2.00 bits per heavy atom. The molecule has 0 amide bonds. The Labute approximate surface area is 95.3 Å².